The van der Waals surface area contributed by atoms with Crippen LogP contribution in [0.1, 0.15) is 48.9 Å². The number of nitrogens with zero attached hydrogens (tertiary/aromatic N) is 2. The number of hydrogen-bond acceptors (Lipinski definition) is 5. The molecule has 30 heavy (non-hydrogen) atoms. The van der Waals surface area contributed by atoms with Crippen LogP contribution in [0.25, 0.3) is 0 Å². The van der Waals surface area contributed by atoms with Crippen molar-refractivity contribution in [3.8, 4) is 0 Å². The Kier molecular flexibility index (Phi) is 7.29. The first-order valence-electron chi connectivity index (χ1n) is 10.4. The maximum Gasteiger partial charge on any atom is 0.255 e. The molecular weight excluding hydrogens is 426 g/mol. The van der Waals surface area contributed by atoms with Gasteiger partial charge in [-0.3, -0.25) is 9.59 Å². The molecule has 3 rings (SSSR count). The lowest BCUT2D eigenvalue weighted by Crippen LogP contribution is -2.50. The van der Waals surface area contributed by atoms with E-state index >= 15 is 0 Å². The van der Waals surface area contributed by atoms with Crippen molar-refractivity contribution < 1.29 is 18.0 Å². The number of nitrogens with one attached hydrogen (secondary N) is 1. The average Bonchev–Trinajstić information content (AvgIpc) is 3.06. The van der Waals surface area contributed by atoms with Gasteiger partial charge >= 0.3 is 0 Å². The Morgan fingerprint density at radius 1 is 1.10 bits per heavy atom. The number of halogens is 1. The van der Waals surface area contributed by atoms with Crippen LogP contribution in [0.15, 0.2) is 18.2 Å². The molecule has 2 amide bonds. The zero-order chi connectivity index (χ0) is 21.9. The van der Waals surface area contributed by atoms with Gasteiger partial charge in [-0.1, -0.05) is 30.9 Å². The normalized spacial score (nSPS) is 21.2. The molecule has 0 aromatic heterocycles. The molecule has 1 aromatic rings. The Balaban J connectivity index is 1.78. The largest absolute Gasteiger partial charge is 0.375 e. The van der Waals surface area contributed by atoms with E-state index in [-0.39, 0.29) is 41.9 Å². The quantitative estimate of drug-likeness (QED) is 0.712. The Hall–Kier alpha value is -1.80. The summed E-state index contributed by atoms with van der Waals surface area (Å²) in [6.45, 7) is -0.0128. The minimum atomic E-state index is -3.09. The highest BCUT2D eigenvalue weighted by Gasteiger charge is 2.38. The summed E-state index contributed by atoms with van der Waals surface area (Å²) in [5.41, 5.74) is 0.932. The summed E-state index contributed by atoms with van der Waals surface area (Å²) in [5, 5.41) is 3.54. The van der Waals surface area contributed by atoms with Crippen LogP contribution < -0.4 is 5.32 Å². The Bertz CT molecular complexity index is 898. The highest BCUT2D eigenvalue weighted by atomic mass is 35.5. The average molecular weight is 456 g/mol. The van der Waals surface area contributed by atoms with Crippen LogP contribution in [-0.4, -0.2) is 74.3 Å². The van der Waals surface area contributed by atoms with E-state index in [1.165, 1.54) is 4.90 Å². The maximum atomic E-state index is 13.3. The number of rotatable bonds is 6. The van der Waals surface area contributed by atoms with E-state index in [0.717, 1.165) is 32.1 Å². The lowest BCUT2D eigenvalue weighted by atomic mass is 9.93. The van der Waals surface area contributed by atoms with Gasteiger partial charge in [-0.15, -0.1) is 0 Å². The third-order valence-electron chi connectivity index (χ3n) is 5.91. The molecule has 1 aliphatic heterocycles. The van der Waals surface area contributed by atoms with Crippen molar-refractivity contribution in [2.75, 3.05) is 37.5 Å². The third-order valence-corrected chi connectivity index (χ3v) is 7.89. The van der Waals surface area contributed by atoms with Crippen molar-refractivity contribution in [2.45, 2.75) is 50.6 Å². The molecule has 2 fully saturated rings. The molecule has 9 heteroatoms. The first-order valence-corrected chi connectivity index (χ1v) is 12.6. The van der Waals surface area contributed by atoms with Crippen molar-refractivity contribution >= 4 is 38.9 Å². The zero-order valence-corrected chi connectivity index (χ0v) is 19.1. The van der Waals surface area contributed by atoms with E-state index in [1.807, 2.05) is 4.90 Å². The van der Waals surface area contributed by atoms with Gasteiger partial charge in [0.05, 0.1) is 23.6 Å². The number of hydrogen-bond donors (Lipinski definition) is 1. The lowest BCUT2D eigenvalue weighted by molar-refractivity contribution is -0.134. The van der Waals surface area contributed by atoms with Crippen molar-refractivity contribution in [2.24, 2.45) is 0 Å². The van der Waals surface area contributed by atoms with Crippen molar-refractivity contribution in [3.05, 3.63) is 28.8 Å². The minimum absolute atomic E-state index is 0.0128. The fraction of sp³-hybridized carbons (Fsp3) is 0.619. The summed E-state index contributed by atoms with van der Waals surface area (Å²) in [6.07, 6.45) is 5.56. The SMILES string of the molecule is CN(C)C(=O)c1ccc(Cl)cc1NCC(=O)N(C1CCCCC1)C1CCS(=O)(=O)C1. The van der Waals surface area contributed by atoms with Crippen LogP contribution in [0, 0.1) is 0 Å². The Morgan fingerprint density at radius 3 is 2.40 bits per heavy atom. The summed E-state index contributed by atoms with van der Waals surface area (Å²) < 4.78 is 24.1. The summed E-state index contributed by atoms with van der Waals surface area (Å²) in [6, 6.07) is 4.72. The summed E-state index contributed by atoms with van der Waals surface area (Å²) in [7, 11) is 0.233. The van der Waals surface area contributed by atoms with Gasteiger partial charge < -0.3 is 15.1 Å². The second-order valence-corrected chi connectivity index (χ2v) is 11.1. The second-order valence-electron chi connectivity index (χ2n) is 8.39. The van der Waals surface area contributed by atoms with E-state index in [0.29, 0.717) is 22.7 Å². The van der Waals surface area contributed by atoms with Crippen molar-refractivity contribution in [1.29, 1.82) is 0 Å². The van der Waals surface area contributed by atoms with Gasteiger partial charge in [0.1, 0.15) is 0 Å². The number of benzene rings is 1. The molecule has 1 unspecified atom stereocenters. The first-order chi connectivity index (χ1) is 14.2. The van der Waals surface area contributed by atoms with E-state index in [9.17, 15) is 18.0 Å². The summed E-state index contributed by atoms with van der Waals surface area (Å²) in [5.74, 6) is -0.145. The predicted molar refractivity (Wildman–Crippen MR) is 119 cm³/mol. The van der Waals surface area contributed by atoms with Gasteiger partial charge in [0.2, 0.25) is 5.91 Å². The van der Waals surface area contributed by atoms with Gasteiger partial charge in [-0.2, -0.15) is 0 Å². The van der Waals surface area contributed by atoms with Gasteiger partial charge in [0.25, 0.3) is 5.91 Å². The minimum Gasteiger partial charge on any atom is -0.375 e. The Labute approximate surface area is 183 Å². The molecule has 1 aromatic carbocycles. The van der Waals surface area contributed by atoms with Crippen LogP contribution in [0.2, 0.25) is 5.02 Å². The number of carbonyl (C=O) groups excluding carboxylic acids is 2. The zero-order valence-electron chi connectivity index (χ0n) is 17.6. The Morgan fingerprint density at radius 2 is 1.80 bits per heavy atom. The fourth-order valence-electron chi connectivity index (χ4n) is 4.41. The summed E-state index contributed by atoms with van der Waals surface area (Å²) in [4.78, 5) is 29.0. The van der Waals surface area contributed by atoms with Crippen LogP contribution in [0.3, 0.4) is 0 Å². The molecule has 7 nitrogen and oxygen atoms in total. The van der Waals surface area contributed by atoms with E-state index in [2.05, 4.69) is 5.32 Å². The maximum absolute atomic E-state index is 13.3. The smallest absolute Gasteiger partial charge is 0.255 e. The molecule has 1 saturated carbocycles. The van der Waals surface area contributed by atoms with Crippen molar-refractivity contribution in [3.63, 3.8) is 0 Å². The fourth-order valence-corrected chi connectivity index (χ4v) is 6.30. The molecule has 0 spiro atoms. The van der Waals surface area contributed by atoms with Crippen LogP contribution in [0.4, 0.5) is 5.69 Å². The van der Waals surface area contributed by atoms with E-state index in [4.69, 9.17) is 11.6 Å². The molecule has 1 heterocycles. The number of carbonyl (C=O) groups is 2. The summed E-state index contributed by atoms with van der Waals surface area (Å²) >= 11 is 6.11. The molecule has 0 radical (unpaired) electrons. The highest BCUT2D eigenvalue weighted by molar-refractivity contribution is 7.91. The monoisotopic (exact) mass is 455 g/mol. The van der Waals surface area contributed by atoms with Crippen molar-refractivity contribution in [1.82, 2.24) is 9.80 Å². The van der Waals surface area contributed by atoms with Gasteiger partial charge in [0, 0.05) is 36.9 Å². The van der Waals surface area contributed by atoms with Gasteiger partial charge in [-0.25, -0.2) is 8.42 Å². The molecule has 1 atom stereocenters. The molecule has 166 valence electrons. The molecule has 1 saturated heterocycles. The molecular formula is C21H30ClN3O4S. The predicted octanol–water partition coefficient (Wildman–Crippen LogP) is 2.80. The first kappa shape index (κ1) is 22.9. The number of amides is 2. The van der Waals surface area contributed by atoms with Crippen LogP contribution in [-0.2, 0) is 14.6 Å². The van der Waals surface area contributed by atoms with E-state index < -0.39 is 9.84 Å². The highest BCUT2D eigenvalue weighted by Crippen LogP contribution is 2.29. The lowest BCUT2D eigenvalue weighted by Gasteiger charge is -2.38. The van der Waals surface area contributed by atoms with Crippen LogP contribution >= 0.6 is 11.6 Å². The molecule has 1 aliphatic carbocycles. The second kappa shape index (κ2) is 9.56. The van der Waals surface area contributed by atoms with Gasteiger partial charge in [-0.05, 0) is 37.5 Å². The third kappa shape index (κ3) is 5.46. The van der Waals surface area contributed by atoms with E-state index in [1.54, 1.807) is 32.3 Å². The van der Waals surface area contributed by atoms with Gasteiger partial charge in [0.15, 0.2) is 9.84 Å². The molecule has 0 bridgehead atoms. The standard InChI is InChI=1S/C21H30ClN3O4S/c1-24(2)21(27)18-9-8-15(22)12-19(18)23-13-20(26)25(16-6-4-3-5-7-16)17-10-11-30(28,29)14-17/h8-9,12,16-17,23H,3-7,10-11,13-14H2,1-2H3. The topological polar surface area (TPSA) is 86.8 Å². The van der Waals surface area contributed by atoms with Crippen LogP contribution in [0.5, 0.6) is 0 Å². The molecule has 1 N–H and O–H groups in total. The number of anilines is 1. The number of sulfone groups is 1. The molecule has 2 aliphatic rings.